The van der Waals surface area contributed by atoms with Gasteiger partial charge >= 0.3 is 0 Å². The van der Waals surface area contributed by atoms with Crippen LogP contribution in [0.5, 0.6) is 0 Å². The molecule has 0 aromatic rings. The monoisotopic (exact) mass is 935 g/mol. The van der Waals surface area contributed by atoms with Crippen molar-refractivity contribution in [2.45, 2.75) is 290 Å². The normalized spacial score (nSPS) is 49.2. The molecule has 384 valence electrons. The third-order valence-electron chi connectivity index (χ3n) is 25.1. The molecule has 0 aromatic carbocycles. The summed E-state index contributed by atoms with van der Waals surface area (Å²) in [5.41, 5.74) is 1.80. The number of allylic oxidation sites excluding steroid dienone is 1. The van der Waals surface area contributed by atoms with Crippen LogP contribution in [0, 0.1) is 101 Å². The third kappa shape index (κ3) is 8.43. The summed E-state index contributed by atoms with van der Waals surface area (Å²) in [4.78, 5) is 6.92. The maximum Gasteiger partial charge on any atom is 0.120 e. The van der Waals surface area contributed by atoms with Crippen LogP contribution in [0.15, 0.2) is 11.3 Å². The van der Waals surface area contributed by atoms with E-state index in [9.17, 15) is 0 Å². The van der Waals surface area contributed by atoms with Crippen LogP contribution in [-0.2, 0) is 9.47 Å². The smallest absolute Gasteiger partial charge is 0.120 e. The minimum absolute atomic E-state index is 0.435. The molecule has 68 heavy (non-hydrogen) atoms. The van der Waals surface area contributed by atoms with Gasteiger partial charge in [-0.25, -0.2) is 0 Å². The van der Waals surface area contributed by atoms with Crippen molar-refractivity contribution in [3.05, 3.63) is 11.3 Å². The molecule has 0 radical (unpaired) electrons. The van der Waals surface area contributed by atoms with Crippen LogP contribution < -0.4 is 0 Å². The standard InChI is InChI=1S/C64H106N2O2/c1-37(2)41-23-27-43(28-24-41)65(55-19-13-17-49-45-15-9-11-21-59(45)67-63(49)55)57-35-53(39(5)6)47-32-34-52-58(36-54(40(7)8)48-31-33-51(57)61(47)62(48)52)66(44-29-25-42(26-30-44)38(3)4)56-20-14-18-50-46-16-10-12-22-60(46)68-64(50)56/h37-45,47-59,61-64H,9-36H2,1-8H3. The molecule has 0 spiro atoms. The molecule has 10 aliphatic carbocycles. The van der Waals surface area contributed by atoms with Crippen molar-refractivity contribution < 1.29 is 9.47 Å². The first-order chi connectivity index (χ1) is 33.0. The number of fused-ring (bicyclic) bond motifs is 5. The van der Waals surface area contributed by atoms with Gasteiger partial charge in [-0.2, -0.15) is 0 Å². The summed E-state index contributed by atoms with van der Waals surface area (Å²) in [5.74, 6) is 16.2. The van der Waals surface area contributed by atoms with E-state index in [0.717, 1.165) is 119 Å². The predicted octanol–water partition coefficient (Wildman–Crippen LogP) is 15.9. The van der Waals surface area contributed by atoms with Gasteiger partial charge in [-0.1, -0.05) is 81.1 Å². The van der Waals surface area contributed by atoms with Gasteiger partial charge in [-0.05, 0) is 248 Å². The number of hydrogen-bond acceptors (Lipinski definition) is 4. The van der Waals surface area contributed by atoms with Crippen molar-refractivity contribution in [1.82, 2.24) is 9.80 Å². The molecule has 0 aromatic heterocycles. The zero-order valence-corrected chi connectivity index (χ0v) is 45.5. The highest BCUT2D eigenvalue weighted by molar-refractivity contribution is 5.25. The van der Waals surface area contributed by atoms with Gasteiger partial charge in [0.05, 0.1) is 18.0 Å². The van der Waals surface area contributed by atoms with Crippen LogP contribution >= 0.6 is 0 Å². The highest BCUT2D eigenvalue weighted by atomic mass is 16.5. The molecular formula is C64H106N2O2. The Balaban J connectivity index is 0.918. The number of nitrogens with zero attached hydrogens (tertiary/aromatic N) is 2. The molecule has 18 unspecified atom stereocenters. The summed E-state index contributed by atoms with van der Waals surface area (Å²) in [6.45, 7) is 20.9. The average molecular weight is 936 g/mol. The van der Waals surface area contributed by atoms with Gasteiger partial charge in [0, 0.05) is 48.6 Å². The van der Waals surface area contributed by atoms with Gasteiger partial charge in [0.1, 0.15) is 6.10 Å². The first-order valence-electron chi connectivity index (χ1n) is 31.6. The van der Waals surface area contributed by atoms with Crippen LogP contribution in [0.2, 0.25) is 0 Å². The fraction of sp³-hybridized carbons (Fsp3) is 0.969. The minimum atomic E-state index is 0.435. The van der Waals surface area contributed by atoms with Crippen molar-refractivity contribution >= 4 is 0 Å². The molecule has 0 amide bonds. The Morgan fingerprint density at radius 1 is 0.397 bits per heavy atom. The van der Waals surface area contributed by atoms with Crippen LogP contribution in [0.25, 0.3) is 0 Å². The number of ether oxygens (including phenoxy) is 2. The average Bonchev–Trinajstić information content (AvgIpc) is 3.93. The summed E-state index contributed by atoms with van der Waals surface area (Å²) in [5, 5.41) is 0. The largest absolute Gasteiger partial charge is 0.493 e. The quantitative estimate of drug-likeness (QED) is 0.218. The second-order valence-electron chi connectivity index (χ2n) is 29.0. The Kier molecular flexibility index (Phi) is 14.2. The molecular weight excluding hydrogens is 829 g/mol. The fourth-order valence-electron chi connectivity index (χ4n) is 22.1. The van der Waals surface area contributed by atoms with Crippen molar-refractivity contribution in [2.75, 3.05) is 0 Å². The molecule has 2 heterocycles. The molecule has 12 aliphatic rings. The molecule has 9 saturated carbocycles. The lowest BCUT2D eigenvalue weighted by molar-refractivity contribution is -0.194. The second-order valence-corrected chi connectivity index (χ2v) is 29.0. The molecule has 18 atom stereocenters. The summed E-state index contributed by atoms with van der Waals surface area (Å²) < 4.78 is 15.0. The second kappa shape index (κ2) is 19.9. The van der Waals surface area contributed by atoms with Gasteiger partial charge in [0.2, 0.25) is 0 Å². The van der Waals surface area contributed by atoms with Crippen LogP contribution in [-0.4, -0.2) is 64.4 Å². The summed E-state index contributed by atoms with van der Waals surface area (Å²) in [6.07, 6.45) is 41.8. The van der Waals surface area contributed by atoms with Gasteiger partial charge < -0.3 is 9.47 Å². The molecule has 4 heteroatoms. The van der Waals surface area contributed by atoms with Crippen molar-refractivity contribution in [3.63, 3.8) is 0 Å². The molecule has 1 saturated heterocycles. The molecule has 0 N–H and O–H groups in total. The number of hydrogen-bond donors (Lipinski definition) is 0. The van der Waals surface area contributed by atoms with Crippen LogP contribution in [0.1, 0.15) is 235 Å². The zero-order valence-electron chi connectivity index (χ0n) is 45.5. The van der Waals surface area contributed by atoms with E-state index in [1.807, 2.05) is 0 Å². The highest BCUT2D eigenvalue weighted by Gasteiger charge is 2.64. The van der Waals surface area contributed by atoms with E-state index in [1.54, 1.807) is 5.57 Å². The Morgan fingerprint density at radius 2 is 0.897 bits per heavy atom. The molecule has 4 nitrogen and oxygen atoms in total. The summed E-state index contributed by atoms with van der Waals surface area (Å²) >= 11 is 0. The van der Waals surface area contributed by atoms with E-state index in [1.165, 1.54) is 186 Å². The van der Waals surface area contributed by atoms with E-state index < -0.39 is 0 Å². The fourth-order valence-corrected chi connectivity index (χ4v) is 22.1. The lowest BCUT2D eigenvalue weighted by atomic mass is 9.42. The van der Waals surface area contributed by atoms with E-state index in [0.29, 0.717) is 36.3 Å². The molecule has 2 aliphatic heterocycles. The maximum absolute atomic E-state index is 7.57. The zero-order chi connectivity index (χ0) is 46.5. The minimum Gasteiger partial charge on any atom is -0.493 e. The van der Waals surface area contributed by atoms with Gasteiger partial charge in [0.25, 0.3) is 0 Å². The highest BCUT2D eigenvalue weighted by Crippen LogP contribution is 2.66. The van der Waals surface area contributed by atoms with Gasteiger partial charge in [-0.3, -0.25) is 9.80 Å². The Hall–Kier alpha value is -0.580. The van der Waals surface area contributed by atoms with E-state index in [2.05, 4.69) is 65.2 Å². The van der Waals surface area contributed by atoms with Gasteiger partial charge in [0.15, 0.2) is 0 Å². The van der Waals surface area contributed by atoms with Crippen molar-refractivity contribution in [1.29, 1.82) is 0 Å². The number of rotatable bonds is 10. The Labute approximate surface area is 419 Å². The Bertz CT molecular complexity index is 1660. The lowest BCUT2D eigenvalue weighted by Gasteiger charge is -2.68. The third-order valence-corrected chi connectivity index (χ3v) is 25.1. The summed E-state index contributed by atoms with van der Waals surface area (Å²) in [7, 11) is 0. The lowest BCUT2D eigenvalue weighted by Crippen LogP contribution is -2.68. The predicted molar refractivity (Wildman–Crippen MR) is 281 cm³/mol. The first kappa shape index (κ1) is 48.4. The maximum atomic E-state index is 7.57. The molecule has 0 bridgehead atoms. The first-order valence-corrected chi connectivity index (χ1v) is 31.6. The Morgan fingerprint density at radius 3 is 1.46 bits per heavy atom. The van der Waals surface area contributed by atoms with E-state index >= 15 is 0 Å². The van der Waals surface area contributed by atoms with Crippen molar-refractivity contribution in [2.24, 2.45) is 101 Å². The molecule has 10 fully saturated rings. The van der Waals surface area contributed by atoms with Crippen molar-refractivity contribution in [3.8, 4) is 0 Å². The van der Waals surface area contributed by atoms with Crippen LogP contribution in [0.4, 0.5) is 0 Å². The van der Waals surface area contributed by atoms with E-state index in [4.69, 9.17) is 9.47 Å². The van der Waals surface area contributed by atoms with E-state index in [-0.39, 0.29) is 0 Å². The topological polar surface area (TPSA) is 24.9 Å². The summed E-state index contributed by atoms with van der Waals surface area (Å²) in [6, 6.07) is 4.34. The van der Waals surface area contributed by atoms with Gasteiger partial charge in [-0.15, -0.1) is 0 Å². The SMILES string of the molecule is CC(C)C1CCC(N(C2CC(C(C)C)C3CCC4C5C(CCC2C35)C(C(C)C)CC4N(C2CCC(C(C)C)CC2)C2CCCC3C4CCCCC4OC32)C2CCCC3C4=C(CCCC4)OC32)CC1. The molecule has 12 rings (SSSR count). The van der Waals surface area contributed by atoms with Crippen LogP contribution in [0.3, 0.4) is 0 Å².